The van der Waals surface area contributed by atoms with Gasteiger partial charge in [0, 0.05) is 50.3 Å². The minimum atomic E-state index is 0. The number of likely N-dealkylation sites (N-methyl/N-ethyl adjacent to an activating group) is 1. The predicted octanol–water partition coefficient (Wildman–Crippen LogP) is 2.81. The van der Waals surface area contributed by atoms with Crippen molar-refractivity contribution in [3.8, 4) is 0 Å². The topological polar surface area (TPSA) is 55.8 Å². The van der Waals surface area contributed by atoms with Gasteiger partial charge in [0.2, 0.25) is 0 Å². The Bertz CT molecular complexity index is 713. The average molecular weight is 514 g/mol. The van der Waals surface area contributed by atoms with Gasteiger partial charge in [0.15, 0.2) is 5.96 Å². The van der Waals surface area contributed by atoms with Gasteiger partial charge in [-0.2, -0.15) is 0 Å². The molecule has 0 spiro atoms. The molecule has 0 saturated carbocycles. The Balaban J connectivity index is 0.00000280. The third kappa shape index (κ3) is 7.21. The van der Waals surface area contributed by atoms with E-state index in [-0.39, 0.29) is 24.0 Å². The molecule has 28 heavy (non-hydrogen) atoms. The summed E-state index contributed by atoms with van der Waals surface area (Å²) in [6, 6.07) is 8.50. The molecule has 2 aromatic rings. The number of piperazine rings is 1. The van der Waals surface area contributed by atoms with Crippen molar-refractivity contribution in [1.82, 2.24) is 20.5 Å². The van der Waals surface area contributed by atoms with E-state index in [0.29, 0.717) is 6.54 Å². The zero-order chi connectivity index (χ0) is 18.9. The van der Waals surface area contributed by atoms with Crippen LogP contribution in [0.4, 0.5) is 5.82 Å². The van der Waals surface area contributed by atoms with Crippen molar-refractivity contribution in [3.63, 3.8) is 0 Å². The van der Waals surface area contributed by atoms with Crippen LogP contribution in [-0.4, -0.2) is 62.2 Å². The number of halogens is 1. The van der Waals surface area contributed by atoms with E-state index in [1.54, 1.807) is 11.3 Å². The number of anilines is 1. The smallest absolute Gasteiger partial charge is 0.191 e. The number of nitrogens with one attached hydrogen (secondary N) is 2. The number of aliphatic imine (C=N–C) groups is 1. The quantitative estimate of drug-likeness (QED) is 0.338. The fourth-order valence-corrected chi connectivity index (χ4v) is 3.75. The first-order valence-electron chi connectivity index (χ1n) is 9.67. The van der Waals surface area contributed by atoms with Crippen LogP contribution in [0.3, 0.4) is 0 Å². The van der Waals surface area contributed by atoms with Crippen molar-refractivity contribution >= 4 is 47.1 Å². The number of rotatable bonds is 7. The number of thiophene rings is 1. The van der Waals surface area contributed by atoms with E-state index < -0.39 is 0 Å². The van der Waals surface area contributed by atoms with Crippen LogP contribution in [0.25, 0.3) is 0 Å². The van der Waals surface area contributed by atoms with Gasteiger partial charge < -0.3 is 20.4 Å². The Morgan fingerprint density at radius 1 is 1.21 bits per heavy atom. The molecular weight excluding hydrogens is 483 g/mol. The molecule has 0 amide bonds. The van der Waals surface area contributed by atoms with Crippen molar-refractivity contribution in [2.45, 2.75) is 19.9 Å². The van der Waals surface area contributed by atoms with Gasteiger partial charge in [0.05, 0.1) is 6.54 Å². The second-order valence-electron chi connectivity index (χ2n) is 6.76. The molecule has 8 heteroatoms. The van der Waals surface area contributed by atoms with E-state index in [2.05, 4.69) is 69.0 Å². The summed E-state index contributed by atoms with van der Waals surface area (Å²) in [5.74, 6) is 1.93. The van der Waals surface area contributed by atoms with Crippen LogP contribution in [-0.2, 0) is 13.0 Å². The Morgan fingerprint density at radius 3 is 2.75 bits per heavy atom. The third-order valence-electron chi connectivity index (χ3n) is 4.65. The van der Waals surface area contributed by atoms with Gasteiger partial charge >= 0.3 is 0 Å². The summed E-state index contributed by atoms with van der Waals surface area (Å²) in [5.41, 5.74) is 1.19. The molecule has 0 bridgehead atoms. The summed E-state index contributed by atoms with van der Waals surface area (Å²) in [7, 11) is 2.17. The molecule has 6 nitrogen and oxygen atoms in total. The molecule has 1 aliphatic rings. The van der Waals surface area contributed by atoms with E-state index in [1.165, 1.54) is 10.4 Å². The first kappa shape index (κ1) is 22.9. The van der Waals surface area contributed by atoms with Crippen molar-refractivity contribution in [3.05, 3.63) is 46.3 Å². The van der Waals surface area contributed by atoms with Crippen molar-refractivity contribution in [1.29, 1.82) is 0 Å². The van der Waals surface area contributed by atoms with Crippen LogP contribution >= 0.6 is 35.3 Å². The Hall–Kier alpha value is -1.39. The molecule has 0 aromatic carbocycles. The number of hydrogen-bond acceptors (Lipinski definition) is 5. The molecular formula is C20H31IN6S. The maximum Gasteiger partial charge on any atom is 0.191 e. The van der Waals surface area contributed by atoms with Crippen molar-refractivity contribution in [2.24, 2.45) is 4.99 Å². The zero-order valence-corrected chi connectivity index (χ0v) is 19.9. The fourth-order valence-electron chi connectivity index (χ4n) is 3.04. The van der Waals surface area contributed by atoms with E-state index in [0.717, 1.165) is 57.5 Å². The molecule has 0 unspecified atom stereocenters. The summed E-state index contributed by atoms with van der Waals surface area (Å²) >= 11 is 1.80. The lowest BCUT2D eigenvalue weighted by molar-refractivity contribution is 0.312. The molecule has 0 atom stereocenters. The fraction of sp³-hybridized carbons (Fsp3) is 0.500. The Kier molecular flexibility index (Phi) is 10.0. The number of pyridine rings is 1. The highest BCUT2D eigenvalue weighted by Crippen LogP contribution is 2.15. The predicted molar refractivity (Wildman–Crippen MR) is 130 cm³/mol. The lowest BCUT2D eigenvalue weighted by atomic mass is 10.2. The van der Waals surface area contributed by atoms with Crippen LogP contribution < -0.4 is 15.5 Å². The first-order chi connectivity index (χ1) is 13.2. The van der Waals surface area contributed by atoms with Gasteiger partial charge in [-0.15, -0.1) is 35.3 Å². The van der Waals surface area contributed by atoms with E-state index in [9.17, 15) is 0 Å². The van der Waals surface area contributed by atoms with Gasteiger partial charge in [-0.25, -0.2) is 9.98 Å². The molecule has 3 rings (SSSR count). The Morgan fingerprint density at radius 2 is 2.04 bits per heavy atom. The first-order valence-corrected chi connectivity index (χ1v) is 10.6. The number of aromatic nitrogens is 1. The molecule has 0 aliphatic carbocycles. The maximum atomic E-state index is 4.74. The minimum Gasteiger partial charge on any atom is -0.357 e. The molecule has 1 aliphatic heterocycles. The van der Waals surface area contributed by atoms with Gasteiger partial charge in [-0.05, 0) is 49.5 Å². The van der Waals surface area contributed by atoms with Crippen molar-refractivity contribution < 1.29 is 0 Å². The van der Waals surface area contributed by atoms with Crippen LogP contribution in [0, 0.1) is 0 Å². The highest BCUT2D eigenvalue weighted by atomic mass is 127. The molecule has 154 valence electrons. The lowest BCUT2D eigenvalue weighted by Gasteiger charge is -2.33. The van der Waals surface area contributed by atoms with Crippen LogP contribution in [0.5, 0.6) is 0 Å². The molecule has 1 saturated heterocycles. The second-order valence-corrected chi connectivity index (χ2v) is 7.80. The van der Waals surface area contributed by atoms with Crippen LogP contribution in [0.2, 0.25) is 0 Å². The summed E-state index contributed by atoms with van der Waals surface area (Å²) in [6.07, 6.45) is 2.92. The van der Waals surface area contributed by atoms with Crippen molar-refractivity contribution in [2.75, 3.05) is 51.2 Å². The molecule has 2 aromatic heterocycles. The number of hydrogen-bond donors (Lipinski definition) is 2. The van der Waals surface area contributed by atoms with Gasteiger partial charge in [0.25, 0.3) is 0 Å². The van der Waals surface area contributed by atoms with Crippen LogP contribution in [0.15, 0.2) is 40.8 Å². The molecule has 0 radical (unpaired) electrons. The third-order valence-corrected chi connectivity index (χ3v) is 5.58. The van der Waals surface area contributed by atoms with E-state index in [1.807, 2.05) is 6.20 Å². The highest BCUT2D eigenvalue weighted by molar-refractivity contribution is 14.0. The summed E-state index contributed by atoms with van der Waals surface area (Å²) < 4.78 is 0. The average Bonchev–Trinajstić information content (AvgIpc) is 3.20. The standard InChI is InChI=1S/C20H30N6S.HI/c1-3-21-20(23-9-7-18-5-4-14-27-18)24-16-17-6-8-22-19(15-17)26-12-10-25(2)11-13-26;/h4-6,8,14-15H,3,7,9-13,16H2,1-2H3,(H2,21,23,24);1H. The SMILES string of the molecule is CCNC(=NCc1ccnc(N2CCN(C)CC2)c1)NCCc1cccs1.I. The minimum absolute atomic E-state index is 0. The maximum absolute atomic E-state index is 4.74. The summed E-state index contributed by atoms with van der Waals surface area (Å²) in [6.45, 7) is 8.72. The highest BCUT2D eigenvalue weighted by Gasteiger charge is 2.15. The summed E-state index contributed by atoms with van der Waals surface area (Å²) in [5, 5.41) is 8.87. The van der Waals surface area contributed by atoms with Crippen LogP contribution in [0.1, 0.15) is 17.4 Å². The normalized spacial score (nSPS) is 15.2. The second kappa shape index (κ2) is 12.2. The monoisotopic (exact) mass is 514 g/mol. The Labute approximate surface area is 189 Å². The number of guanidine groups is 1. The van der Waals surface area contributed by atoms with E-state index in [4.69, 9.17) is 4.99 Å². The zero-order valence-electron chi connectivity index (χ0n) is 16.7. The largest absolute Gasteiger partial charge is 0.357 e. The van der Waals surface area contributed by atoms with Gasteiger partial charge in [0.1, 0.15) is 5.82 Å². The summed E-state index contributed by atoms with van der Waals surface area (Å²) in [4.78, 5) is 15.4. The van der Waals surface area contributed by atoms with Gasteiger partial charge in [-0.1, -0.05) is 6.07 Å². The number of nitrogens with zero attached hydrogens (tertiary/aromatic N) is 4. The van der Waals surface area contributed by atoms with Gasteiger partial charge in [-0.3, -0.25) is 0 Å². The molecule has 3 heterocycles. The molecule has 1 fully saturated rings. The lowest BCUT2D eigenvalue weighted by Crippen LogP contribution is -2.44. The van der Waals surface area contributed by atoms with E-state index >= 15 is 0 Å². The molecule has 2 N–H and O–H groups in total.